The van der Waals surface area contributed by atoms with E-state index in [4.69, 9.17) is 35.3 Å². The number of fused-ring (bicyclic) bond motifs is 3. The molecule has 0 saturated carbocycles. The van der Waals surface area contributed by atoms with E-state index in [9.17, 15) is 26.3 Å². The fourth-order valence-corrected chi connectivity index (χ4v) is 4.45. The van der Waals surface area contributed by atoms with Crippen LogP contribution in [0.25, 0.3) is 11.1 Å². The average molecular weight is 554 g/mol. The molecule has 202 valence electrons. The summed E-state index contributed by atoms with van der Waals surface area (Å²) in [5.74, 6) is -3.21. The van der Waals surface area contributed by atoms with Crippen molar-refractivity contribution in [1.82, 2.24) is 9.97 Å². The van der Waals surface area contributed by atoms with Crippen LogP contribution in [0.4, 0.5) is 26.3 Å². The maximum Gasteiger partial charge on any atom is 0.490 e. The molecule has 1 aromatic heterocycles. The quantitative estimate of drug-likeness (QED) is 0.444. The van der Waals surface area contributed by atoms with Crippen LogP contribution in [0.1, 0.15) is 18.9 Å². The number of hydrogen-bond donors (Lipinski definition) is 3. The summed E-state index contributed by atoms with van der Waals surface area (Å²) in [6.07, 6.45) is -4.00. The topological polar surface area (TPSA) is 148 Å². The largest absolute Gasteiger partial charge is 0.493 e. The second-order valence-electron chi connectivity index (χ2n) is 7.69. The summed E-state index contributed by atoms with van der Waals surface area (Å²) in [6.45, 7) is 2.89. The van der Waals surface area contributed by atoms with E-state index in [-0.39, 0.29) is 5.54 Å². The van der Waals surface area contributed by atoms with E-state index >= 15 is 0 Å². The molecule has 4 N–H and O–H groups in total. The van der Waals surface area contributed by atoms with Gasteiger partial charge in [0.25, 0.3) is 0 Å². The first-order chi connectivity index (χ1) is 17.1. The third kappa shape index (κ3) is 7.96. The predicted octanol–water partition coefficient (Wildman–Crippen LogP) is 4.09. The summed E-state index contributed by atoms with van der Waals surface area (Å²) in [7, 11) is 0. The molecular formula is C21H20F6N4O5S. The van der Waals surface area contributed by atoms with Crippen molar-refractivity contribution in [2.45, 2.75) is 31.2 Å². The van der Waals surface area contributed by atoms with Crippen molar-refractivity contribution in [2.24, 2.45) is 16.6 Å². The number of aliphatic carboxylic acids is 2. The number of carbonyl (C=O) groups is 2. The Hall–Kier alpha value is -3.56. The van der Waals surface area contributed by atoms with E-state index < -0.39 is 24.3 Å². The number of nitrogens with two attached hydrogens (primary N) is 1. The van der Waals surface area contributed by atoms with Gasteiger partial charge in [-0.3, -0.25) is 4.99 Å². The fourth-order valence-electron chi connectivity index (χ4n) is 3.34. The number of thioether (sulfide) groups is 1. The van der Waals surface area contributed by atoms with Crippen LogP contribution < -0.4 is 10.5 Å². The molecule has 1 aromatic carbocycles. The maximum atomic E-state index is 10.6. The van der Waals surface area contributed by atoms with Gasteiger partial charge in [-0.25, -0.2) is 19.6 Å². The van der Waals surface area contributed by atoms with Crippen LogP contribution in [0.5, 0.6) is 5.75 Å². The number of ether oxygens (including phenoxy) is 1. The molecule has 2 atom stereocenters. The molecular weight excluding hydrogens is 534 g/mol. The van der Waals surface area contributed by atoms with Gasteiger partial charge in [0.05, 0.1) is 12.1 Å². The number of alkyl halides is 6. The summed E-state index contributed by atoms with van der Waals surface area (Å²) in [5.41, 5.74) is 8.86. The number of aliphatic imine (C=N–C) groups is 1. The van der Waals surface area contributed by atoms with E-state index in [1.165, 1.54) is 6.33 Å². The highest BCUT2D eigenvalue weighted by Gasteiger charge is 2.42. The van der Waals surface area contributed by atoms with E-state index in [1.807, 2.05) is 24.5 Å². The van der Waals surface area contributed by atoms with Gasteiger partial charge in [-0.05, 0) is 31.0 Å². The van der Waals surface area contributed by atoms with Crippen molar-refractivity contribution in [3.63, 3.8) is 0 Å². The van der Waals surface area contributed by atoms with Crippen LogP contribution in [0, 0.1) is 5.92 Å². The normalized spacial score (nSPS) is 20.6. The number of amidine groups is 1. The van der Waals surface area contributed by atoms with Crippen molar-refractivity contribution in [2.75, 3.05) is 12.4 Å². The molecule has 2 aliphatic heterocycles. The van der Waals surface area contributed by atoms with Crippen molar-refractivity contribution >= 4 is 28.9 Å². The molecule has 2 aliphatic rings. The van der Waals surface area contributed by atoms with Gasteiger partial charge < -0.3 is 20.7 Å². The lowest BCUT2D eigenvalue weighted by Gasteiger charge is -2.36. The van der Waals surface area contributed by atoms with Gasteiger partial charge in [-0.2, -0.15) is 26.3 Å². The van der Waals surface area contributed by atoms with E-state index in [0.29, 0.717) is 11.1 Å². The Labute approximate surface area is 209 Å². The Morgan fingerprint density at radius 3 is 2.11 bits per heavy atom. The minimum atomic E-state index is -5.08. The van der Waals surface area contributed by atoms with Gasteiger partial charge in [0.15, 0.2) is 5.17 Å². The number of carboxylic acid groups (broad SMARTS) is 2. The van der Waals surface area contributed by atoms with Crippen LogP contribution in [-0.2, 0) is 15.1 Å². The number of aromatic nitrogens is 2. The monoisotopic (exact) mass is 554 g/mol. The second kappa shape index (κ2) is 11.7. The summed E-state index contributed by atoms with van der Waals surface area (Å²) in [6, 6.07) is 6.23. The number of halogens is 6. The zero-order valence-electron chi connectivity index (χ0n) is 18.9. The van der Waals surface area contributed by atoms with Crippen LogP contribution in [0.2, 0.25) is 0 Å². The minimum absolute atomic E-state index is 0.340. The molecule has 0 amide bonds. The molecule has 0 fully saturated rings. The number of nitrogens with zero attached hydrogens (tertiary/aromatic N) is 3. The van der Waals surface area contributed by atoms with Crippen molar-refractivity contribution in [1.29, 1.82) is 0 Å². The van der Waals surface area contributed by atoms with Gasteiger partial charge >= 0.3 is 24.3 Å². The van der Waals surface area contributed by atoms with Gasteiger partial charge in [-0.1, -0.05) is 17.8 Å². The Morgan fingerprint density at radius 1 is 1.05 bits per heavy atom. The van der Waals surface area contributed by atoms with Gasteiger partial charge in [-0.15, -0.1) is 0 Å². The molecule has 16 heteroatoms. The van der Waals surface area contributed by atoms with Crippen molar-refractivity contribution in [3.8, 4) is 16.9 Å². The standard InChI is InChI=1S/C17H18N4OS.2C2HF3O2/c1-17-13(9-23-16(18)21-17)4-5-22-15-3-2-11(6-14(15)17)12-7-19-10-20-8-12;2*3-2(4,5)1(6)7/h2-3,6-8,10,13H,4-5,9H2,1H3,(H2,18,21);2*(H,6,7)/t13-,17+;;/m1../s1. The SMILES string of the molecule is C[C@]12N=C(N)SC[C@H]1CCOc1ccc(-c3cncnc3)cc12.O=C(O)C(F)(F)F.O=C(O)C(F)(F)F. The Kier molecular flexibility index (Phi) is 9.35. The first-order valence-electron chi connectivity index (χ1n) is 10.2. The lowest BCUT2D eigenvalue weighted by atomic mass is 9.78. The second-order valence-corrected chi connectivity index (χ2v) is 8.73. The van der Waals surface area contributed by atoms with Crippen LogP contribution >= 0.6 is 11.8 Å². The highest BCUT2D eigenvalue weighted by Crippen LogP contribution is 2.47. The van der Waals surface area contributed by atoms with E-state index in [2.05, 4.69) is 23.0 Å². The molecule has 0 radical (unpaired) electrons. The average Bonchev–Trinajstić information content (AvgIpc) is 2.94. The van der Waals surface area contributed by atoms with Crippen LogP contribution in [-0.4, -0.2) is 62.0 Å². The highest BCUT2D eigenvalue weighted by molar-refractivity contribution is 8.13. The summed E-state index contributed by atoms with van der Waals surface area (Å²) < 4.78 is 69.5. The van der Waals surface area contributed by atoms with Crippen LogP contribution in [0.15, 0.2) is 41.9 Å². The lowest BCUT2D eigenvalue weighted by Crippen LogP contribution is -2.37. The number of benzene rings is 1. The Balaban J connectivity index is 0.000000286. The molecule has 0 bridgehead atoms. The number of hydrogen-bond acceptors (Lipinski definition) is 8. The van der Waals surface area contributed by atoms with Crippen molar-refractivity contribution < 1.29 is 50.9 Å². The smallest absolute Gasteiger partial charge is 0.490 e. The van der Waals surface area contributed by atoms with Crippen molar-refractivity contribution in [3.05, 3.63) is 42.5 Å². The third-order valence-corrected chi connectivity index (χ3v) is 6.15. The third-order valence-electron chi connectivity index (χ3n) is 5.20. The highest BCUT2D eigenvalue weighted by atomic mass is 32.2. The molecule has 37 heavy (non-hydrogen) atoms. The maximum absolute atomic E-state index is 10.6. The molecule has 3 heterocycles. The summed E-state index contributed by atoms with van der Waals surface area (Å²) in [5, 5.41) is 14.9. The number of carboxylic acids is 2. The minimum Gasteiger partial charge on any atom is -0.493 e. The summed E-state index contributed by atoms with van der Waals surface area (Å²) >= 11 is 1.64. The lowest BCUT2D eigenvalue weighted by molar-refractivity contribution is -0.193. The molecule has 0 unspecified atom stereocenters. The summed E-state index contributed by atoms with van der Waals surface area (Å²) in [4.78, 5) is 30.8. The molecule has 2 aromatic rings. The zero-order valence-corrected chi connectivity index (χ0v) is 19.7. The van der Waals surface area contributed by atoms with E-state index in [0.717, 1.165) is 41.2 Å². The molecule has 0 saturated heterocycles. The van der Waals surface area contributed by atoms with Crippen LogP contribution in [0.3, 0.4) is 0 Å². The first-order valence-corrected chi connectivity index (χ1v) is 11.1. The fraction of sp³-hybridized carbons (Fsp3) is 0.381. The first kappa shape index (κ1) is 29.7. The van der Waals surface area contributed by atoms with Gasteiger partial charge in [0.2, 0.25) is 0 Å². The Morgan fingerprint density at radius 2 is 1.59 bits per heavy atom. The predicted molar refractivity (Wildman–Crippen MR) is 120 cm³/mol. The molecule has 0 spiro atoms. The Bertz CT molecular complexity index is 1120. The zero-order chi connectivity index (χ0) is 28.0. The van der Waals surface area contributed by atoms with Gasteiger partial charge in [0, 0.05) is 35.2 Å². The van der Waals surface area contributed by atoms with E-state index in [1.54, 1.807) is 11.8 Å². The molecule has 0 aliphatic carbocycles. The molecule has 9 nitrogen and oxygen atoms in total. The molecule has 4 rings (SSSR count). The number of rotatable bonds is 1. The van der Waals surface area contributed by atoms with Gasteiger partial charge in [0.1, 0.15) is 12.1 Å².